The average Bonchev–Trinajstić information content (AvgIpc) is 2.22. The maximum absolute atomic E-state index is 10.3. The van der Waals surface area contributed by atoms with Crippen molar-refractivity contribution in [1.82, 2.24) is 0 Å². The van der Waals surface area contributed by atoms with E-state index in [-0.39, 0.29) is 0 Å². The van der Waals surface area contributed by atoms with Crippen molar-refractivity contribution in [1.29, 1.82) is 0 Å². The number of primary amides is 1. The molecule has 88 valence electrons. The van der Waals surface area contributed by atoms with Crippen LogP contribution in [0.25, 0.3) is 0 Å². The number of hydrogen-bond acceptors (Lipinski definition) is 4. The Balaban J connectivity index is 4.16. The van der Waals surface area contributed by atoms with Gasteiger partial charge in [-0.05, 0) is 6.08 Å². The van der Waals surface area contributed by atoms with Gasteiger partial charge in [0.15, 0.2) is 5.79 Å². The fourth-order valence-corrected chi connectivity index (χ4v) is 1.28. The first-order valence-electron chi connectivity index (χ1n) is 4.81. The average molecular weight is 217 g/mol. The first kappa shape index (κ1) is 13.9. The van der Waals surface area contributed by atoms with Crippen molar-refractivity contribution >= 4 is 6.09 Å². The summed E-state index contributed by atoms with van der Waals surface area (Å²) in [4.78, 5) is 10.3. The highest BCUT2D eigenvalue weighted by Gasteiger charge is 2.26. The second kappa shape index (κ2) is 7.25. The van der Waals surface area contributed by atoms with E-state index in [1.807, 2.05) is 6.92 Å². The molecule has 0 aromatic heterocycles. The largest absolute Gasteiger partial charge is 0.419 e. The lowest BCUT2D eigenvalue weighted by Gasteiger charge is -2.29. The van der Waals surface area contributed by atoms with E-state index in [9.17, 15) is 4.79 Å². The van der Waals surface area contributed by atoms with Crippen LogP contribution in [0.1, 0.15) is 26.2 Å². The molecule has 0 unspecified atom stereocenters. The molecule has 0 atom stereocenters. The van der Waals surface area contributed by atoms with Gasteiger partial charge in [-0.25, -0.2) is 4.79 Å². The fraction of sp³-hybridized carbons (Fsp3) is 0.700. The third-order valence-corrected chi connectivity index (χ3v) is 2.08. The highest BCUT2D eigenvalue weighted by Crippen LogP contribution is 2.23. The van der Waals surface area contributed by atoms with Gasteiger partial charge in [0.1, 0.15) is 0 Å². The molecule has 0 saturated carbocycles. The number of carbonyl (C=O) groups excluding carboxylic acids is 1. The third-order valence-electron chi connectivity index (χ3n) is 2.08. The molecule has 0 rings (SSSR count). The summed E-state index contributed by atoms with van der Waals surface area (Å²) >= 11 is 0. The Bertz CT molecular complexity index is 211. The van der Waals surface area contributed by atoms with Crippen molar-refractivity contribution in [3.8, 4) is 0 Å². The minimum Gasteiger partial charge on any atom is -0.419 e. The van der Waals surface area contributed by atoms with Crippen LogP contribution in [0.2, 0.25) is 0 Å². The topological polar surface area (TPSA) is 70.8 Å². The van der Waals surface area contributed by atoms with Gasteiger partial charge in [0, 0.05) is 27.1 Å². The van der Waals surface area contributed by atoms with Gasteiger partial charge in [-0.3, -0.25) is 0 Å². The van der Waals surface area contributed by atoms with Crippen LogP contribution in [0.3, 0.4) is 0 Å². The molecule has 0 aliphatic heterocycles. The highest BCUT2D eigenvalue weighted by atomic mass is 16.7. The highest BCUT2D eigenvalue weighted by molar-refractivity contribution is 5.65. The molecule has 0 heterocycles. The van der Waals surface area contributed by atoms with E-state index in [1.54, 1.807) is 20.3 Å². The van der Waals surface area contributed by atoms with Crippen LogP contribution in [0.4, 0.5) is 4.79 Å². The summed E-state index contributed by atoms with van der Waals surface area (Å²) in [6.45, 7) is 2.04. The maximum atomic E-state index is 10.3. The SMILES string of the molecule is CCCC(CC=COC(N)=O)(OC)OC. The van der Waals surface area contributed by atoms with Crippen molar-refractivity contribution in [3.63, 3.8) is 0 Å². The molecular weight excluding hydrogens is 198 g/mol. The molecule has 0 radical (unpaired) electrons. The monoisotopic (exact) mass is 217 g/mol. The number of ether oxygens (including phenoxy) is 3. The summed E-state index contributed by atoms with van der Waals surface area (Å²) in [6, 6.07) is 0. The summed E-state index contributed by atoms with van der Waals surface area (Å²) < 4.78 is 15.0. The number of rotatable bonds is 7. The van der Waals surface area contributed by atoms with Gasteiger partial charge in [-0.15, -0.1) is 0 Å². The van der Waals surface area contributed by atoms with Crippen LogP contribution in [0, 0.1) is 0 Å². The van der Waals surface area contributed by atoms with Gasteiger partial charge in [-0.1, -0.05) is 13.3 Å². The van der Waals surface area contributed by atoms with Crippen LogP contribution >= 0.6 is 0 Å². The van der Waals surface area contributed by atoms with Crippen LogP contribution in [0.5, 0.6) is 0 Å². The summed E-state index contributed by atoms with van der Waals surface area (Å²) in [5.41, 5.74) is 4.79. The molecule has 0 fully saturated rings. The molecule has 0 saturated heterocycles. The zero-order chi connectivity index (χ0) is 11.7. The molecule has 5 heteroatoms. The van der Waals surface area contributed by atoms with E-state index in [4.69, 9.17) is 15.2 Å². The molecule has 0 aliphatic carbocycles. The number of nitrogens with two attached hydrogens (primary N) is 1. The van der Waals surface area contributed by atoms with Gasteiger partial charge < -0.3 is 19.9 Å². The van der Waals surface area contributed by atoms with E-state index in [0.29, 0.717) is 6.42 Å². The van der Waals surface area contributed by atoms with E-state index >= 15 is 0 Å². The summed E-state index contributed by atoms with van der Waals surface area (Å²) in [7, 11) is 3.17. The van der Waals surface area contributed by atoms with Gasteiger partial charge in [-0.2, -0.15) is 0 Å². The molecule has 5 nitrogen and oxygen atoms in total. The normalized spacial score (nSPS) is 11.9. The van der Waals surface area contributed by atoms with Gasteiger partial charge in [0.05, 0.1) is 6.26 Å². The van der Waals surface area contributed by atoms with Crippen LogP contribution in [-0.2, 0) is 14.2 Å². The van der Waals surface area contributed by atoms with Crippen LogP contribution < -0.4 is 5.73 Å². The predicted octanol–water partition coefficient (Wildman–Crippen LogP) is 1.77. The van der Waals surface area contributed by atoms with Crippen molar-refractivity contribution in [2.24, 2.45) is 5.73 Å². The molecule has 0 spiro atoms. The van der Waals surface area contributed by atoms with Crippen LogP contribution in [-0.4, -0.2) is 26.1 Å². The van der Waals surface area contributed by atoms with E-state index < -0.39 is 11.9 Å². The fourth-order valence-electron chi connectivity index (χ4n) is 1.28. The van der Waals surface area contributed by atoms with E-state index in [1.165, 1.54) is 6.26 Å². The molecule has 2 N–H and O–H groups in total. The Kier molecular flexibility index (Phi) is 6.73. The van der Waals surface area contributed by atoms with Gasteiger partial charge >= 0.3 is 6.09 Å². The number of hydrogen-bond donors (Lipinski definition) is 1. The molecule has 1 amide bonds. The molecule has 15 heavy (non-hydrogen) atoms. The number of carbonyl (C=O) groups is 1. The summed E-state index contributed by atoms with van der Waals surface area (Å²) in [5, 5.41) is 0. The Morgan fingerprint density at radius 3 is 2.40 bits per heavy atom. The number of amides is 1. The Morgan fingerprint density at radius 2 is 2.00 bits per heavy atom. The van der Waals surface area contributed by atoms with Crippen molar-refractivity contribution < 1.29 is 19.0 Å². The molecule has 0 aromatic carbocycles. The minimum atomic E-state index is -0.831. The molecule has 0 aromatic rings. The van der Waals surface area contributed by atoms with E-state index in [2.05, 4.69) is 4.74 Å². The maximum Gasteiger partial charge on any atom is 0.409 e. The quantitative estimate of drug-likeness (QED) is 0.521. The first-order chi connectivity index (χ1) is 7.10. The molecule has 0 aliphatic rings. The lowest BCUT2D eigenvalue weighted by molar-refractivity contribution is -0.208. The molecule has 0 bridgehead atoms. The lowest BCUT2D eigenvalue weighted by atomic mass is 10.1. The van der Waals surface area contributed by atoms with E-state index in [0.717, 1.165) is 12.8 Å². The Labute approximate surface area is 90.2 Å². The van der Waals surface area contributed by atoms with Crippen molar-refractivity contribution in [2.75, 3.05) is 14.2 Å². The Morgan fingerprint density at radius 1 is 1.40 bits per heavy atom. The standard InChI is InChI=1S/C10H19NO4/c1-4-6-10(13-2,14-3)7-5-8-15-9(11)12/h5,8H,4,6-7H2,1-3H3,(H2,11,12). The summed E-state index contributed by atoms with van der Waals surface area (Å²) in [5.74, 6) is -0.647. The third kappa shape index (κ3) is 5.39. The summed E-state index contributed by atoms with van der Waals surface area (Å²) in [6.07, 6.45) is 4.26. The minimum absolute atomic E-state index is 0.501. The molecular formula is C10H19NO4. The first-order valence-corrected chi connectivity index (χ1v) is 4.81. The van der Waals surface area contributed by atoms with Gasteiger partial charge in [0.25, 0.3) is 0 Å². The van der Waals surface area contributed by atoms with Crippen molar-refractivity contribution in [3.05, 3.63) is 12.3 Å². The zero-order valence-electron chi connectivity index (χ0n) is 9.49. The van der Waals surface area contributed by atoms with Gasteiger partial charge in [0.2, 0.25) is 0 Å². The van der Waals surface area contributed by atoms with Crippen molar-refractivity contribution in [2.45, 2.75) is 32.0 Å². The number of methoxy groups -OCH3 is 2. The zero-order valence-corrected chi connectivity index (χ0v) is 9.49. The Hall–Kier alpha value is -1.07. The second-order valence-corrected chi connectivity index (χ2v) is 3.08. The lowest BCUT2D eigenvalue weighted by Crippen LogP contribution is -2.32. The predicted molar refractivity (Wildman–Crippen MR) is 56.1 cm³/mol. The smallest absolute Gasteiger partial charge is 0.409 e. The second-order valence-electron chi connectivity index (χ2n) is 3.08. The van der Waals surface area contributed by atoms with Crippen LogP contribution in [0.15, 0.2) is 12.3 Å².